The zero-order valence-corrected chi connectivity index (χ0v) is 12.6. The maximum atomic E-state index is 12.1. The first-order valence-corrected chi connectivity index (χ1v) is 7.21. The Balaban J connectivity index is 1.94. The van der Waals surface area contributed by atoms with E-state index in [9.17, 15) is 4.79 Å². The van der Waals surface area contributed by atoms with E-state index in [1.54, 1.807) is 7.11 Å². The van der Waals surface area contributed by atoms with Crippen molar-refractivity contribution in [3.63, 3.8) is 0 Å². The molecule has 0 spiro atoms. The van der Waals surface area contributed by atoms with Gasteiger partial charge in [0.2, 0.25) is 5.91 Å². The minimum absolute atomic E-state index is 0.0615. The van der Waals surface area contributed by atoms with Crippen molar-refractivity contribution in [3.05, 3.63) is 36.0 Å². The van der Waals surface area contributed by atoms with Crippen LogP contribution < -0.4 is 11.1 Å². The number of methoxy groups -OCH3 is 1. The number of H-pyrrole nitrogens is 1. The molecule has 1 aromatic heterocycles. The molecule has 1 aromatic carbocycles. The van der Waals surface area contributed by atoms with Crippen molar-refractivity contribution in [3.8, 4) is 0 Å². The molecule has 0 saturated carbocycles. The molecule has 2 atom stereocenters. The van der Waals surface area contributed by atoms with Gasteiger partial charge in [-0.1, -0.05) is 18.2 Å². The van der Waals surface area contributed by atoms with Crippen LogP contribution in [0.1, 0.15) is 18.9 Å². The van der Waals surface area contributed by atoms with Crippen LogP contribution in [0.5, 0.6) is 0 Å². The highest BCUT2D eigenvalue weighted by Gasteiger charge is 2.17. The Hall–Kier alpha value is -1.85. The van der Waals surface area contributed by atoms with Crippen LogP contribution >= 0.6 is 0 Å². The Morgan fingerprint density at radius 3 is 2.95 bits per heavy atom. The summed E-state index contributed by atoms with van der Waals surface area (Å²) in [6, 6.07) is 7.52. The van der Waals surface area contributed by atoms with Gasteiger partial charge >= 0.3 is 0 Å². The second-order valence-electron chi connectivity index (χ2n) is 5.36. The molecule has 0 bridgehead atoms. The van der Waals surface area contributed by atoms with E-state index in [2.05, 4.69) is 10.3 Å². The summed E-state index contributed by atoms with van der Waals surface area (Å²) in [4.78, 5) is 15.3. The van der Waals surface area contributed by atoms with E-state index in [1.165, 1.54) is 0 Å². The Morgan fingerprint density at radius 1 is 1.43 bits per heavy atom. The summed E-state index contributed by atoms with van der Waals surface area (Å²) in [5, 5.41) is 4.04. The third-order valence-corrected chi connectivity index (χ3v) is 3.60. The minimum Gasteiger partial charge on any atom is -0.385 e. The number of para-hydroxylation sites is 1. The molecule has 2 rings (SSSR count). The first kappa shape index (κ1) is 15.5. The zero-order chi connectivity index (χ0) is 15.2. The standard InChI is InChI=1S/C16H23N3O2/c1-11(7-8-21-2)19-16(20)14(17)9-12-10-18-15-6-4-3-5-13(12)15/h3-6,10-11,14,18H,7-9,17H2,1-2H3,(H,19,20)/t11?,14-/m0/s1. The van der Waals surface area contributed by atoms with Crippen molar-refractivity contribution in [2.45, 2.75) is 31.8 Å². The van der Waals surface area contributed by atoms with Gasteiger partial charge in [0.05, 0.1) is 6.04 Å². The van der Waals surface area contributed by atoms with Gasteiger partial charge in [0, 0.05) is 36.9 Å². The normalized spacial score (nSPS) is 14.0. The number of ether oxygens (including phenoxy) is 1. The van der Waals surface area contributed by atoms with Crippen LogP contribution in [0, 0.1) is 0 Å². The van der Waals surface area contributed by atoms with Gasteiger partial charge < -0.3 is 20.8 Å². The summed E-state index contributed by atoms with van der Waals surface area (Å²) in [5.41, 5.74) is 8.15. The van der Waals surface area contributed by atoms with E-state index >= 15 is 0 Å². The number of amides is 1. The van der Waals surface area contributed by atoms with E-state index < -0.39 is 6.04 Å². The summed E-state index contributed by atoms with van der Waals surface area (Å²) in [6.07, 6.45) is 3.22. The van der Waals surface area contributed by atoms with Gasteiger partial charge in [-0.3, -0.25) is 4.79 Å². The fraction of sp³-hybridized carbons (Fsp3) is 0.438. The number of rotatable bonds is 7. The molecular formula is C16H23N3O2. The molecule has 0 saturated heterocycles. The van der Waals surface area contributed by atoms with E-state index in [4.69, 9.17) is 10.5 Å². The highest BCUT2D eigenvalue weighted by Crippen LogP contribution is 2.18. The van der Waals surface area contributed by atoms with Crippen molar-refractivity contribution >= 4 is 16.8 Å². The van der Waals surface area contributed by atoms with Gasteiger partial charge in [0.25, 0.3) is 0 Å². The lowest BCUT2D eigenvalue weighted by Crippen LogP contribution is -2.45. The molecule has 1 amide bonds. The summed E-state index contributed by atoms with van der Waals surface area (Å²) in [6.45, 7) is 2.58. The van der Waals surface area contributed by atoms with Crippen molar-refractivity contribution < 1.29 is 9.53 Å². The number of carbonyl (C=O) groups is 1. The fourth-order valence-electron chi connectivity index (χ4n) is 2.35. The van der Waals surface area contributed by atoms with E-state index in [-0.39, 0.29) is 11.9 Å². The summed E-state index contributed by atoms with van der Waals surface area (Å²) < 4.78 is 5.00. The average Bonchev–Trinajstić information content (AvgIpc) is 2.88. The number of carbonyl (C=O) groups excluding carboxylic acids is 1. The molecule has 0 radical (unpaired) electrons. The molecule has 0 aliphatic rings. The molecular weight excluding hydrogens is 266 g/mol. The first-order chi connectivity index (χ1) is 10.1. The molecule has 5 nitrogen and oxygen atoms in total. The van der Waals surface area contributed by atoms with Crippen molar-refractivity contribution in [2.75, 3.05) is 13.7 Å². The number of nitrogens with two attached hydrogens (primary N) is 1. The van der Waals surface area contributed by atoms with Crippen LogP contribution in [-0.4, -0.2) is 36.7 Å². The highest BCUT2D eigenvalue weighted by molar-refractivity contribution is 5.86. The maximum Gasteiger partial charge on any atom is 0.237 e. The molecule has 1 heterocycles. The van der Waals surface area contributed by atoms with Crippen molar-refractivity contribution in [1.29, 1.82) is 0 Å². The topological polar surface area (TPSA) is 80.1 Å². The molecule has 5 heteroatoms. The predicted octanol–water partition coefficient (Wildman–Crippen LogP) is 1.58. The molecule has 0 aliphatic heterocycles. The summed E-state index contributed by atoms with van der Waals surface area (Å²) >= 11 is 0. The third kappa shape index (κ3) is 4.06. The van der Waals surface area contributed by atoms with Gasteiger partial charge in [0.1, 0.15) is 0 Å². The largest absolute Gasteiger partial charge is 0.385 e. The molecule has 0 fully saturated rings. The van der Waals surface area contributed by atoms with Crippen LogP contribution in [0.4, 0.5) is 0 Å². The number of nitrogens with one attached hydrogen (secondary N) is 2. The van der Waals surface area contributed by atoms with Crippen molar-refractivity contribution in [1.82, 2.24) is 10.3 Å². The smallest absolute Gasteiger partial charge is 0.237 e. The number of aromatic nitrogens is 1. The Bertz CT molecular complexity index is 594. The number of fused-ring (bicyclic) bond motifs is 1. The maximum absolute atomic E-state index is 12.1. The van der Waals surface area contributed by atoms with Crippen LogP contribution in [0.2, 0.25) is 0 Å². The fourth-order valence-corrected chi connectivity index (χ4v) is 2.35. The van der Waals surface area contributed by atoms with Crippen LogP contribution in [-0.2, 0) is 16.0 Å². The Kier molecular flexibility index (Phi) is 5.36. The highest BCUT2D eigenvalue weighted by atomic mass is 16.5. The number of hydrogen-bond acceptors (Lipinski definition) is 3. The molecule has 4 N–H and O–H groups in total. The molecule has 0 aliphatic carbocycles. The minimum atomic E-state index is -0.547. The zero-order valence-electron chi connectivity index (χ0n) is 12.6. The van der Waals surface area contributed by atoms with Gasteiger partial charge in [-0.15, -0.1) is 0 Å². The third-order valence-electron chi connectivity index (χ3n) is 3.60. The molecule has 114 valence electrons. The van der Waals surface area contributed by atoms with Crippen LogP contribution in [0.3, 0.4) is 0 Å². The molecule has 1 unspecified atom stereocenters. The lowest BCUT2D eigenvalue weighted by atomic mass is 10.0. The molecule has 21 heavy (non-hydrogen) atoms. The number of aromatic amines is 1. The summed E-state index contributed by atoms with van der Waals surface area (Å²) in [7, 11) is 1.65. The van der Waals surface area contributed by atoms with Gasteiger partial charge in [-0.2, -0.15) is 0 Å². The van der Waals surface area contributed by atoms with E-state index in [0.717, 1.165) is 22.9 Å². The van der Waals surface area contributed by atoms with Gasteiger partial charge in [-0.25, -0.2) is 0 Å². The average molecular weight is 289 g/mol. The predicted molar refractivity (Wildman–Crippen MR) is 84.1 cm³/mol. The SMILES string of the molecule is COCCC(C)NC(=O)[C@@H](N)Cc1c[nH]c2ccccc12. The van der Waals surface area contributed by atoms with E-state index in [0.29, 0.717) is 13.0 Å². The first-order valence-electron chi connectivity index (χ1n) is 7.21. The monoisotopic (exact) mass is 289 g/mol. The quantitative estimate of drug-likeness (QED) is 0.724. The second-order valence-corrected chi connectivity index (χ2v) is 5.36. The second kappa shape index (κ2) is 7.24. The van der Waals surface area contributed by atoms with Crippen molar-refractivity contribution in [2.24, 2.45) is 5.73 Å². The van der Waals surface area contributed by atoms with E-state index in [1.807, 2.05) is 37.4 Å². The number of benzene rings is 1. The lowest BCUT2D eigenvalue weighted by Gasteiger charge is -2.17. The van der Waals surface area contributed by atoms with Crippen LogP contribution in [0.25, 0.3) is 10.9 Å². The molecule has 2 aromatic rings. The Labute approximate surface area is 124 Å². The summed E-state index contributed by atoms with van der Waals surface area (Å²) in [5.74, 6) is -0.121. The van der Waals surface area contributed by atoms with Crippen LogP contribution in [0.15, 0.2) is 30.5 Å². The van der Waals surface area contributed by atoms with Gasteiger partial charge in [-0.05, 0) is 31.4 Å². The lowest BCUT2D eigenvalue weighted by molar-refractivity contribution is -0.123. The van der Waals surface area contributed by atoms with Gasteiger partial charge in [0.15, 0.2) is 0 Å². The Morgan fingerprint density at radius 2 is 2.19 bits per heavy atom. The number of hydrogen-bond donors (Lipinski definition) is 3.